The van der Waals surface area contributed by atoms with Crippen molar-refractivity contribution in [3.63, 3.8) is 0 Å². The summed E-state index contributed by atoms with van der Waals surface area (Å²) in [6.45, 7) is 5.42. The topological polar surface area (TPSA) is 65.6 Å². The Hall–Kier alpha value is -1.59. The van der Waals surface area contributed by atoms with Gasteiger partial charge in [0.2, 0.25) is 0 Å². The second-order valence-corrected chi connectivity index (χ2v) is 5.73. The van der Waals surface area contributed by atoms with Crippen molar-refractivity contribution >= 4 is 5.84 Å². The maximum absolute atomic E-state index is 7.55. The fourth-order valence-corrected chi connectivity index (χ4v) is 2.76. The molecule has 1 fully saturated rings. The molecule has 116 valence electrons. The number of nitrogens with zero attached hydrogens (tertiary/aromatic N) is 2. The first kappa shape index (κ1) is 15.8. The van der Waals surface area contributed by atoms with Crippen LogP contribution >= 0.6 is 0 Å². The second kappa shape index (κ2) is 7.43. The van der Waals surface area contributed by atoms with Crippen LogP contribution in [0.4, 0.5) is 0 Å². The van der Waals surface area contributed by atoms with E-state index < -0.39 is 0 Å². The predicted octanol–water partition coefficient (Wildman–Crippen LogP) is 1.51. The van der Waals surface area contributed by atoms with Crippen molar-refractivity contribution in [1.29, 1.82) is 5.41 Å². The number of likely N-dealkylation sites (N-methyl/N-ethyl adjacent to an activating group) is 1. The maximum atomic E-state index is 7.55. The van der Waals surface area contributed by atoms with Crippen LogP contribution in [0.1, 0.15) is 24.0 Å². The maximum Gasteiger partial charge on any atom is 0.123 e. The molecule has 0 saturated carbocycles. The fraction of sp³-hybridized carbons (Fsp3) is 0.562. The van der Waals surface area contributed by atoms with E-state index in [4.69, 9.17) is 15.9 Å². The van der Waals surface area contributed by atoms with Crippen LogP contribution in [0.3, 0.4) is 0 Å². The van der Waals surface area contributed by atoms with E-state index in [0.717, 1.165) is 36.5 Å². The SMILES string of the molecule is COc1ccc(C(=N)N)cc1CN(C)CCN1CCCC1. The van der Waals surface area contributed by atoms with E-state index in [1.807, 2.05) is 18.2 Å². The van der Waals surface area contributed by atoms with Crippen molar-refractivity contribution in [2.24, 2.45) is 5.73 Å². The Morgan fingerprint density at radius 3 is 2.71 bits per heavy atom. The van der Waals surface area contributed by atoms with E-state index in [1.165, 1.54) is 25.9 Å². The summed E-state index contributed by atoms with van der Waals surface area (Å²) in [5.41, 5.74) is 7.40. The number of benzene rings is 1. The van der Waals surface area contributed by atoms with Crippen molar-refractivity contribution in [2.45, 2.75) is 19.4 Å². The third kappa shape index (κ3) is 4.44. The monoisotopic (exact) mass is 290 g/mol. The molecule has 5 nitrogen and oxygen atoms in total. The van der Waals surface area contributed by atoms with Crippen molar-refractivity contribution in [1.82, 2.24) is 9.80 Å². The Balaban J connectivity index is 1.96. The molecule has 21 heavy (non-hydrogen) atoms. The van der Waals surface area contributed by atoms with E-state index in [0.29, 0.717) is 0 Å². The quantitative estimate of drug-likeness (QED) is 0.590. The molecule has 0 spiro atoms. The molecule has 0 bridgehead atoms. The van der Waals surface area contributed by atoms with Gasteiger partial charge in [0.15, 0.2) is 0 Å². The van der Waals surface area contributed by atoms with Crippen molar-refractivity contribution in [3.05, 3.63) is 29.3 Å². The van der Waals surface area contributed by atoms with Gasteiger partial charge in [-0.25, -0.2) is 0 Å². The van der Waals surface area contributed by atoms with E-state index in [1.54, 1.807) is 7.11 Å². The van der Waals surface area contributed by atoms with Gasteiger partial charge in [-0.15, -0.1) is 0 Å². The molecule has 1 saturated heterocycles. The summed E-state index contributed by atoms with van der Waals surface area (Å²) >= 11 is 0. The summed E-state index contributed by atoms with van der Waals surface area (Å²) in [7, 11) is 3.80. The summed E-state index contributed by atoms with van der Waals surface area (Å²) in [5.74, 6) is 0.951. The molecular formula is C16H26N4O. The van der Waals surface area contributed by atoms with Crippen LogP contribution in [0.15, 0.2) is 18.2 Å². The molecule has 1 heterocycles. The van der Waals surface area contributed by atoms with Gasteiger partial charge >= 0.3 is 0 Å². The smallest absolute Gasteiger partial charge is 0.123 e. The molecule has 1 aliphatic rings. The molecule has 2 rings (SSSR count). The highest BCUT2D eigenvalue weighted by molar-refractivity contribution is 5.95. The zero-order valence-electron chi connectivity index (χ0n) is 13.1. The molecule has 1 aromatic rings. The number of likely N-dealkylation sites (tertiary alicyclic amines) is 1. The minimum Gasteiger partial charge on any atom is -0.496 e. The van der Waals surface area contributed by atoms with Crippen LogP contribution in [0.5, 0.6) is 5.75 Å². The van der Waals surface area contributed by atoms with Crippen molar-refractivity contribution in [3.8, 4) is 5.75 Å². The van der Waals surface area contributed by atoms with E-state index >= 15 is 0 Å². The van der Waals surface area contributed by atoms with Gasteiger partial charge in [-0.05, 0) is 51.2 Å². The van der Waals surface area contributed by atoms with Crippen LogP contribution in [0.25, 0.3) is 0 Å². The number of nitrogens with two attached hydrogens (primary N) is 1. The van der Waals surface area contributed by atoms with Crippen LogP contribution in [0.2, 0.25) is 0 Å². The standard InChI is InChI=1S/C16H26N4O/c1-19(9-10-20-7-3-4-8-20)12-14-11-13(16(17)18)5-6-15(14)21-2/h5-6,11H,3-4,7-10,12H2,1-2H3,(H3,17,18). The summed E-state index contributed by atoms with van der Waals surface area (Å²) in [6, 6.07) is 5.67. The number of ether oxygens (including phenoxy) is 1. The number of amidine groups is 1. The number of hydrogen-bond acceptors (Lipinski definition) is 4. The zero-order valence-corrected chi connectivity index (χ0v) is 13.1. The third-order valence-electron chi connectivity index (χ3n) is 4.03. The van der Waals surface area contributed by atoms with Gasteiger partial charge in [0.25, 0.3) is 0 Å². The highest BCUT2D eigenvalue weighted by atomic mass is 16.5. The van der Waals surface area contributed by atoms with Crippen LogP contribution in [0, 0.1) is 5.41 Å². The first-order valence-corrected chi connectivity index (χ1v) is 7.52. The van der Waals surface area contributed by atoms with Gasteiger partial charge in [0.1, 0.15) is 11.6 Å². The Morgan fingerprint density at radius 2 is 2.10 bits per heavy atom. The first-order valence-electron chi connectivity index (χ1n) is 7.52. The predicted molar refractivity (Wildman–Crippen MR) is 86.0 cm³/mol. The Labute approximate surface area is 127 Å². The molecular weight excluding hydrogens is 264 g/mol. The minimum atomic E-state index is 0.0959. The lowest BCUT2D eigenvalue weighted by Gasteiger charge is -2.22. The van der Waals surface area contributed by atoms with Gasteiger partial charge < -0.3 is 20.3 Å². The second-order valence-electron chi connectivity index (χ2n) is 5.73. The molecule has 0 atom stereocenters. The lowest BCUT2D eigenvalue weighted by molar-refractivity contribution is 0.250. The Kier molecular flexibility index (Phi) is 5.59. The largest absolute Gasteiger partial charge is 0.496 e. The number of methoxy groups -OCH3 is 1. The summed E-state index contributed by atoms with van der Waals surface area (Å²) in [6.07, 6.45) is 2.66. The van der Waals surface area contributed by atoms with Crippen LogP contribution in [-0.4, -0.2) is 56.0 Å². The molecule has 0 amide bonds. The lowest BCUT2D eigenvalue weighted by atomic mass is 10.1. The normalized spacial score (nSPS) is 15.6. The van der Waals surface area contributed by atoms with Crippen LogP contribution in [-0.2, 0) is 6.54 Å². The fourth-order valence-electron chi connectivity index (χ4n) is 2.76. The van der Waals surface area contributed by atoms with Gasteiger partial charge in [-0.2, -0.15) is 0 Å². The molecule has 1 aromatic carbocycles. The first-order chi connectivity index (χ1) is 10.1. The molecule has 0 aromatic heterocycles. The number of hydrogen-bond donors (Lipinski definition) is 2. The summed E-state index contributed by atoms with van der Waals surface area (Å²) in [4.78, 5) is 4.81. The van der Waals surface area contributed by atoms with Gasteiger partial charge in [0.05, 0.1) is 7.11 Å². The summed E-state index contributed by atoms with van der Waals surface area (Å²) < 4.78 is 5.41. The van der Waals surface area contributed by atoms with Gasteiger partial charge in [-0.3, -0.25) is 5.41 Å². The van der Waals surface area contributed by atoms with E-state index in [-0.39, 0.29) is 5.84 Å². The molecule has 0 unspecified atom stereocenters. The Morgan fingerprint density at radius 1 is 1.38 bits per heavy atom. The molecule has 5 heteroatoms. The van der Waals surface area contributed by atoms with Gasteiger partial charge in [0, 0.05) is 30.8 Å². The minimum absolute atomic E-state index is 0.0959. The van der Waals surface area contributed by atoms with Crippen LogP contribution < -0.4 is 10.5 Å². The molecule has 3 N–H and O–H groups in total. The molecule has 1 aliphatic heterocycles. The number of nitrogen functional groups attached to an aromatic ring is 1. The average molecular weight is 290 g/mol. The third-order valence-corrected chi connectivity index (χ3v) is 4.03. The highest BCUT2D eigenvalue weighted by Crippen LogP contribution is 2.21. The zero-order chi connectivity index (χ0) is 15.2. The van der Waals surface area contributed by atoms with E-state index in [2.05, 4.69) is 16.8 Å². The lowest BCUT2D eigenvalue weighted by Crippen LogP contribution is -2.31. The van der Waals surface area contributed by atoms with Crippen molar-refractivity contribution < 1.29 is 4.74 Å². The van der Waals surface area contributed by atoms with Gasteiger partial charge in [-0.1, -0.05) is 0 Å². The van der Waals surface area contributed by atoms with Crippen molar-refractivity contribution in [2.75, 3.05) is 40.3 Å². The highest BCUT2D eigenvalue weighted by Gasteiger charge is 2.13. The molecule has 0 radical (unpaired) electrons. The number of nitrogens with one attached hydrogen (secondary N) is 1. The molecule has 0 aliphatic carbocycles. The average Bonchev–Trinajstić information content (AvgIpc) is 2.98. The van der Waals surface area contributed by atoms with E-state index in [9.17, 15) is 0 Å². The number of rotatable bonds is 7. The summed E-state index contributed by atoms with van der Waals surface area (Å²) in [5, 5.41) is 7.55. The Bertz CT molecular complexity index is 483.